The molecule has 1 atom stereocenters. The van der Waals surface area contributed by atoms with Gasteiger partial charge in [0.25, 0.3) is 5.91 Å². The summed E-state index contributed by atoms with van der Waals surface area (Å²) in [4.78, 5) is 26.5. The number of carbonyl (C=O) groups is 2. The van der Waals surface area contributed by atoms with E-state index in [0.29, 0.717) is 23.7 Å². The van der Waals surface area contributed by atoms with Crippen molar-refractivity contribution in [3.05, 3.63) is 47.8 Å². The molecule has 0 bridgehead atoms. The second kappa shape index (κ2) is 6.43. The summed E-state index contributed by atoms with van der Waals surface area (Å²) in [6.07, 6.45) is 0.723. The molecule has 1 aromatic carbocycles. The summed E-state index contributed by atoms with van der Waals surface area (Å²) < 4.78 is 15.6. The molecule has 1 aromatic heterocycles. The molecule has 0 spiro atoms. The highest BCUT2D eigenvalue weighted by molar-refractivity contribution is 5.90. The van der Waals surface area contributed by atoms with Crippen LogP contribution in [-0.4, -0.2) is 29.8 Å². The molecule has 0 unspecified atom stereocenters. The van der Waals surface area contributed by atoms with Gasteiger partial charge in [-0.15, -0.1) is 0 Å². The van der Waals surface area contributed by atoms with Gasteiger partial charge in [-0.05, 0) is 36.8 Å². The number of esters is 1. The Morgan fingerprint density at radius 1 is 1.30 bits per heavy atom. The predicted octanol–water partition coefficient (Wildman–Crippen LogP) is 1.61. The van der Waals surface area contributed by atoms with Crippen molar-refractivity contribution >= 4 is 11.9 Å². The molecule has 7 nitrogen and oxygen atoms in total. The van der Waals surface area contributed by atoms with Crippen molar-refractivity contribution in [2.24, 2.45) is 0 Å². The standard InChI is InChI=1S/C16H16N2O5/c1-10(23-16(20)12-3-2-6-17-12)15(19)18-8-11-4-5-13-14(7-11)22-9-21-13/h2-7,10,17H,8-9H2,1H3,(H,18,19)/t10-/m1/s1. The number of carbonyl (C=O) groups excluding carboxylic acids is 2. The molecular formula is C16H16N2O5. The lowest BCUT2D eigenvalue weighted by molar-refractivity contribution is -0.129. The van der Waals surface area contributed by atoms with Gasteiger partial charge in [0.15, 0.2) is 17.6 Å². The highest BCUT2D eigenvalue weighted by atomic mass is 16.7. The second-order valence-electron chi connectivity index (χ2n) is 5.04. The van der Waals surface area contributed by atoms with E-state index in [-0.39, 0.29) is 12.7 Å². The average Bonchev–Trinajstić information content (AvgIpc) is 3.22. The van der Waals surface area contributed by atoms with Gasteiger partial charge >= 0.3 is 5.97 Å². The van der Waals surface area contributed by atoms with Gasteiger partial charge in [0.05, 0.1) is 0 Å². The van der Waals surface area contributed by atoms with Gasteiger partial charge in [-0.25, -0.2) is 4.79 Å². The first kappa shape index (κ1) is 15.0. The molecule has 0 saturated heterocycles. The zero-order valence-electron chi connectivity index (χ0n) is 12.5. The van der Waals surface area contributed by atoms with Crippen LogP contribution in [-0.2, 0) is 16.1 Å². The Morgan fingerprint density at radius 3 is 2.91 bits per heavy atom. The van der Waals surface area contributed by atoms with Gasteiger partial charge in [0, 0.05) is 12.7 Å². The van der Waals surface area contributed by atoms with E-state index in [2.05, 4.69) is 10.3 Å². The van der Waals surface area contributed by atoms with E-state index in [1.807, 2.05) is 6.07 Å². The van der Waals surface area contributed by atoms with Crippen LogP contribution in [0.5, 0.6) is 11.5 Å². The number of fused-ring (bicyclic) bond motifs is 1. The highest BCUT2D eigenvalue weighted by Crippen LogP contribution is 2.32. The maximum absolute atomic E-state index is 12.0. The van der Waals surface area contributed by atoms with E-state index in [1.165, 1.54) is 6.92 Å². The molecule has 3 rings (SSSR count). The SMILES string of the molecule is C[C@@H](OC(=O)c1ccc[nH]1)C(=O)NCc1ccc2c(c1)OCO2. The zero-order chi connectivity index (χ0) is 16.2. The molecule has 0 saturated carbocycles. The van der Waals surface area contributed by atoms with Crippen molar-refractivity contribution in [2.45, 2.75) is 19.6 Å². The number of hydrogen-bond acceptors (Lipinski definition) is 5. The number of benzene rings is 1. The van der Waals surface area contributed by atoms with Crippen molar-refractivity contribution in [1.82, 2.24) is 10.3 Å². The number of ether oxygens (including phenoxy) is 3. The maximum atomic E-state index is 12.0. The zero-order valence-corrected chi connectivity index (χ0v) is 12.5. The molecule has 1 amide bonds. The monoisotopic (exact) mass is 316 g/mol. The molecule has 1 aliphatic heterocycles. The lowest BCUT2D eigenvalue weighted by atomic mass is 10.2. The number of hydrogen-bond donors (Lipinski definition) is 2. The van der Waals surface area contributed by atoms with Crippen LogP contribution in [0.3, 0.4) is 0 Å². The molecule has 2 heterocycles. The minimum absolute atomic E-state index is 0.205. The van der Waals surface area contributed by atoms with E-state index in [9.17, 15) is 9.59 Å². The van der Waals surface area contributed by atoms with Crippen LogP contribution >= 0.6 is 0 Å². The Hall–Kier alpha value is -2.96. The number of nitrogens with one attached hydrogen (secondary N) is 2. The quantitative estimate of drug-likeness (QED) is 0.818. The molecule has 7 heteroatoms. The second-order valence-corrected chi connectivity index (χ2v) is 5.04. The van der Waals surface area contributed by atoms with Crippen LogP contribution in [0.4, 0.5) is 0 Å². The fourth-order valence-corrected chi connectivity index (χ4v) is 2.12. The Labute approximate surface area is 132 Å². The summed E-state index contributed by atoms with van der Waals surface area (Å²) in [5.41, 5.74) is 1.17. The normalized spacial score (nSPS) is 13.4. The Balaban J connectivity index is 1.51. The smallest absolute Gasteiger partial charge is 0.355 e. The van der Waals surface area contributed by atoms with Crippen molar-refractivity contribution in [3.63, 3.8) is 0 Å². The van der Waals surface area contributed by atoms with E-state index < -0.39 is 12.1 Å². The van der Waals surface area contributed by atoms with E-state index in [0.717, 1.165) is 5.56 Å². The number of amides is 1. The summed E-state index contributed by atoms with van der Waals surface area (Å²) in [5.74, 6) is 0.402. The van der Waals surface area contributed by atoms with Crippen LogP contribution < -0.4 is 14.8 Å². The topological polar surface area (TPSA) is 89.7 Å². The summed E-state index contributed by atoms with van der Waals surface area (Å²) in [6.45, 7) is 2.03. The van der Waals surface area contributed by atoms with Crippen molar-refractivity contribution in [2.75, 3.05) is 6.79 Å². The fraction of sp³-hybridized carbons (Fsp3) is 0.250. The molecular weight excluding hydrogens is 300 g/mol. The Kier molecular flexibility index (Phi) is 4.18. The average molecular weight is 316 g/mol. The first-order valence-electron chi connectivity index (χ1n) is 7.14. The van der Waals surface area contributed by atoms with E-state index in [1.54, 1.807) is 30.5 Å². The van der Waals surface area contributed by atoms with Crippen molar-refractivity contribution in [3.8, 4) is 11.5 Å². The minimum atomic E-state index is -0.889. The molecule has 2 aromatic rings. The molecule has 2 N–H and O–H groups in total. The van der Waals surface area contributed by atoms with Crippen molar-refractivity contribution in [1.29, 1.82) is 0 Å². The van der Waals surface area contributed by atoms with Gasteiger partial charge in [0.2, 0.25) is 6.79 Å². The summed E-state index contributed by atoms with van der Waals surface area (Å²) in [7, 11) is 0. The molecule has 23 heavy (non-hydrogen) atoms. The number of rotatable bonds is 5. The molecule has 0 radical (unpaired) electrons. The van der Waals surface area contributed by atoms with Gasteiger partial charge in [-0.2, -0.15) is 0 Å². The lowest BCUT2D eigenvalue weighted by Gasteiger charge is -2.13. The van der Waals surface area contributed by atoms with Crippen LogP contribution in [0.15, 0.2) is 36.5 Å². The molecule has 0 fully saturated rings. The minimum Gasteiger partial charge on any atom is -0.454 e. The third-order valence-corrected chi connectivity index (χ3v) is 3.37. The van der Waals surface area contributed by atoms with Gasteiger partial charge in [-0.3, -0.25) is 4.79 Å². The van der Waals surface area contributed by atoms with Gasteiger partial charge < -0.3 is 24.5 Å². The first-order chi connectivity index (χ1) is 11.1. The van der Waals surface area contributed by atoms with Gasteiger partial charge in [0.1, 0.15) is 5.69 Å². The van der Waals surface area contributed by atoms with Crippen LogP contribution in [0.2, 0.25) is 0 Å². The molecule has 1 aliphatic rings. The lowest BCUT2D eigenvalue weighted by Crippen LogP contribution is -2.35. The summed E-state index contributed by atoms with van der Waals surface area (Å²) in [5, 5.41) is 2.72. The Morgan fingerprint density at radius 2 is 2.13 bits per heavy atom. The fourth-order valence-electron chi connectivity index (χ4n) is 2.12. The van der Waals surface area contributed by atoms with Crippen LogP contribution in [0.1, 0.15) is 23.0 Å². The highest BCUT2D eigenvalue weighted by Gasteiger charge is 2.19. The van der Waals surface area contributed by atoms with Crippen LogP contribution in [0.25, 0.3) is 0 Å². The number of aromatic nitrogens is 1. The first-order valence-corrected chi connectivity index (χ1v) is 7.14. The molecule has 0 aliphatic carbocycles. The van der Waals surface area contributed by atoms with Crippen LogP contribution in [0, 0.1) is 0 Å². The maximum Gasteiger partial charge on any atom is 0.355 e. The summed E-state index contributed by atoms with van der Waals surface area (Å²) in [6, 6.07) is 8.70. The number of aromatic amines is 1. The van der Waals surface area contributed by atoms with E-state index >= 15 is 0 Å². The van der Waals surface area contributed by atoms with E-state index in [4.69, 9.17) is 14.2 Å². The third-order valence-electron chi connectivity index (χ3n) is 3.37. The third kappa shape index (κ3) is 3.45. The van der Waals surface area contributed by atoms with Gasteiger partial charge in [-0.1, -0.05) is 6.07 Å². The number of H-pyrrole nitrogens is 1. The molecule has 120 valence electrons. The predicted molar refractivity (Wildman–Crippen MR) is 80.1 cm³/mol. The Bertz CT molecular complexity index is 711. The summed E-state index contributed by atoms with van der Waals surface area (Å²) >= 11 is 0. The van der Waals surface area contributed by atoms with Crippen molar-refractivity contribution < 1.29 is 23.8 Å². The largest absolute Gasteiger partial charge is 0.454 e.